The fourth-order valence-electron chi connectivity index (χ4n) is 2.79. The number of fused-ring (bicyclic) bond motifs is 1. The molecule has 0 bridgehead atoms. The van der Waals surface area contributed by atoms with Gasteiger partial charge in [-0.15, -0.1) is 0 Å². The Morgan fingerprint density at radius 2 is 2.08 bits per heavy atom. The maximum absolute atomic E-state index is 9.40. The van der Waals surface area contributed by atoms with E-state index in [0.29, 0.717) is 5.82 Å². The third-order valence-corrected chi connectivity index (χ3v) is 3.92. The molecule has 0 radical (unpaired) electrons. The number of nitrogens with zero attached hydrogens (tertiary/aromatic N) is 3. The van der Waals surface area contributed by atoms with Crippen LogP contribution in [0.3, 0.4) is 0 Å². The van der Waals surface area contributed by atoms with E-state index in [9.17, 15) is 5.11 Å². The summed E-state index contributed by atoms with van der Waals surface area (Å²) in [5.74, 6) is 0.829. The topological polar surface area (TPSA) is 113 Å². The van der Waals surface area contributed by atoms with Crippen LogP contribution < -0.4 is 11.1 Å². The number of aromatic nitrogens is 4. The van der Waals surface area contributed by atoms with Crippen LogP contribution in [-0.2, 0) is 6.61 Å². The zero-order valence-electron chi connectivity index (χ0n) is 13.3. The lowest BCUT2D eigenvalue weighted by Crippen LogP contribution is -1.99. The number of rotatable bonds is 4. The second-order valence-electron chi connectivity index (χ2n) is 5.64. The number of nitrogens with two attached hydrogens (primary N) is 1. The molecule has 0 amide bonds. The van der Waals surface area contributed by atoms with E-state index < -0.39 is 0 Å². The van der Waals surface area contributed by atoms with E-state index in [1.54, 1.807) is 18.5 Å². The van der Waals surface area contributed by atoms with Crippen molar-refractivity contribution in [2.75, 3.05) is 11.1 Å². The number of benzene rings is 2. The van der Waals surface area contributed by atoms with Gasteiger partial charge in [-0.1, -0.05) is 18.2 Å². The Morgan fingerprint density at radius 1 is 1.16 bits per heavy atom. The third kappa shape index (κ3) is 3.00. The van der Waals surface area contributed by atoms with Crippen molar-refractivity contribution in [1.29, 1.82) is 0 Å². The van der Waals surface area contributed by atoms with Crippen LogP contribution in [0.25, 0.3) is 22.0 Å². The van der Waals surface area contributed by atoms with E-state index in [0.717, 1.165) is 33.3 Å². The van der Waals surface area contributed by atoms with Crippen molar-refractivity contribution in [2.24, 2.45) is 0 Å². The summed E-state index contributed by atoms with van der Waals surface area (Å²) < 4.78 is 0. The van der Waals surface area contributed by atoms with E-state index in [4.69, 9.17) is 5.73 Å². The van der Waals surface area contributed by atoms with Gasteiger partial charge in [-0.2, -0.15) is 10.1 Å². The highest BCUT2D eigenvalue weighted by atomic mass is 16.3. The first-order chi connectivity index (χ1) is 12.2. The number of aliphatic hydroxyl groups excluding tert-OH is 1. The van der Waals surface area contributed by atoms with Crippen LogP contribution in [0.4, 0.5) is 17.5 Å². The van der Waals surface area contributed by atoms with E-state index >= 15 is 0 Å². The summed E-state index contributed by atoms with van der Waals surface area (Å²) >= 11 is 0. The molecule has 7 nitrogen and oxygen atoms in total. The molecule has 0 aliphatic heterocycles. The molecule has 0 atom stereocenters. The Morgan fingerprint density at radius 3 is 2.92 bits per heavy atom. The van der Waals surface area contributed by atoms with Crippen molar-refractivity contribution >= 4 is 28.4 Å². The number of aromatic amines is 1. The first-order valence-corrected chi connectivity index (χ1v) is 7.76. The summed E-state index contributed by atoms with van der Waals surface area (Å²) in [4.78, 5) is 8.06. The molecule has 124 valence electrons. The summed E-state index contributed by atoms with van der Waals surface area (Å²) in [6.45, 7) is -0.00187. The van der Waals surface area contributed by atoms with Gasteiger partial charge < -0.3 is 16.2 Å². The fraction of sp³-hybridized carbons (Fsp3) is 0.0556. The molecule has 2 aromatic carbocycles. The molecule has 0 fully saturated rings. The Kier molecular flexibility index (Phi) is 3.75. The van der Waals surface area contributed by atoms with Crippen LogP contribution in [0.15, 0.2) is 54.9 Å². The van der Waals surface area contributed by atoms with Gasteiger partial charge in [-0.05, 0) is 35.4 Å². The van der Waals surface area contributed by atoms with Gasteiger partial charge in [0.15, 0.2) is 0 Å². The molecule has 0 saturated carbocycles. The first-order valence-electron chi connectivity index (χ1n) is 7.76. The van der Waals surface area contributed by atoms with E-state index in [1.807, 2.05) is 36.4 Å². The van der Waals surface area contributed by atoms with Crippen LogP contribution in [0.2, 0.25) is 0 Å². The molecular formula is C18H16N6O. The minimum atomic E-state index is -0.00187. The number of anilines is 3. The van der Waals surface area contributed by atoms with Crippen LogP contribution >= 0.6 is 0 Å². The summed E-state index contributed by atoms with van der Waals surface area (Å²) in [6, 6.07) is 13.5. The zero-order chi connectivity index (χ0) is 17.2. The molecule has 25 heavy (non-hydrogen) atoms. The third-order valence-electron chi connectivity index (χ3n) is 3.92. The van der Waals surface area contributed by atoms with Crippen LogP contribution in [0, 0.1) is 0 Å². The van der Waals surface area contributed by atoms with Gasteiger partial charge in [-0.25, -0.2) is 4.98 Å². The number of H-pyrrole nitrogens is 1. The van der Waals surface area contributed by atoms with E-state index in [2.05, 4.69) is 25.5 Å². The average Bonchev–Trinajstić information content (AvgIpc) is 3.09. The Balaban J connectivity index is 1.82. The standard InChI is InChI=1S/C18H16N6O/c19-18-20-5-4-16(23-18)22-14-7-13-9-21-24-17(13)15(8-14)12-3-1-2-11(6-12)10-25/h1-9,25H,10H2,(H,21,24)(H3,19,20,22,23). The Hall–Kier alpha value is -3.45. The van der Waals surface area contributed by atoms with Gasteiger partial charge in [0.25, 0.3) is 0 Å². The van der Waals surface area contributed by atoms with Crippen LogP contribution in [0.1, 0.15) is 5.56 Å². The van der Waals surface area contributed by atoms with Gasteiger partial charge in [0.2, 0.25) is 5.95 Å². The Bertz CT molecular complexity index is 1040. The number of nitrogen functional groups attached to an aromatic ring is 1. The number of hydrogen-bond donors (Lipinski definition) is 4. The second kappa shape index (κ2) is 6.21. The van der Waals surface area contributed by atoms with E-state index in [1.165, 1.54) is 0 Å². The monoisotopic (exact) mass is 332 g/mol. The summed E-state index contributed by atoms with van der Waals surface area (Å²) in [5, 5.41) is 20.8. The van der Waals surface area contributed by atoms with Gasteiger partial charge in [0.1, 0.15) is 5.82 Å². The molecule has 4 aromatic rings. The van der Waals surface area contributed by atoms with Crippen molar-refractivity contribution in [3.8, 4) is 11.1 Å². The summed E-state index contributed by atoms with van der Waals surface area (Å²) in [7, 11) is 0. The molecule has 2 aromatic heterocycles. The largest absolute Gasteiger partial charge is 0.392 e. The fourth-order valence-corrected chi connectivity index (χ4v) is 2.79. The number of nitrogens with one attached hydrogen (secondary N) is 2. The molecule has 0 spiro atoms. The first kappa shape index (κ1) is 15.1. The smallest absolute Gasteiger partial charge is 0.221 e. The number of aliphatic hydroxyl groups is 1. The highest BCUT2D eigenvalue weighted by Crippen LogP contribution is 2.32. The minimum absolute atomic E-state index is 0.00187. The predicted molar refractivity (Wildman–Crippen MR) is 97.2 cm³/mol. The Labute approximate surface area is 143 Å². The molecule has 0 unspecified atom stereocenters. The molecule has 2 heterocycles. The van der Waals surface area contributed by atoms with E-state index in [-0.39, 0.29) is 12.6 Å². The molecule has 7 heteroatoms. The highest BCUT2D eigenvalue weighted by molar-refractivity contribution is 5.96. The zero-order valence-corrected chi connectivity index (χ0v) is 13.3. The predicted octanol–water partition coefficient (Wildman–Crippen LogP) is 2.84. The lowest BCUT2D eigenvalue weighted by Gasteiger charge is -2.10. The quantitative estimate of drug-likeness (QED) is 0.457. The second-order valence-corrected chi connectivity index (χ2v) is 5.64. The molecular weight excluding hydrogens is 316 g/mol. The van der Waals surface area contributed by atoms with Crippen molar-refractivity contribution in [3.05, 3.63) is 60.4 Å². The SMILES string of the molecule is Nc1nccc(Nc2cc(-c3cccc(CO)c3)c3[nH]ncc3c2)n1. The van der Waals surface area contributed by atoms with Gasteiger partial charge >= 0.3 is 0 Å². The lowest BCUT2D eigenvalue weighted by atomic mass is 10.0. The number of hydrogen-bond acceptors (Lipinski definition) is 6. The van der Waals surface area contributed by atoms with Crippen molar-refractivity contribution in [2.45, 2.75) is 6.61 Å². The minimum Gasteiger partial charge on any atom is -0.392 e. The van der Waals surface area contributed by atoms with Crippen LogP contribution in [0.5, 0.6) is 0 Å². The normalized spacial score (nSPS) is 10.9. The molecule has 5 N–H and O–H groups in total. The van der Waals surface area contributed by atoms with Crippen molar-refractivity contribution in [3.63, 3.8) is 0 Å². The van der Waals surface area contributed by atoms with Crippen molar-refractivity contribution < 1.29 is 5.11 Å². The van der Waals surface area contributed by atoms with Crippen molar-refractivity contribution in [1.82, 2.24) is 20.2 Å². The lowest BCUT2D eigenvalue weighted by molar-refractivity contribution is 0.282. The van der Waals surface area contributed by atoms with Crippen LogP contribution in [-0.4, -0.2) is 25.3 Å². The molecule has 0 saturated heterocycles. The maximum Gasteiger partial charge on any atom is 0.221 e. The van der Waals surface area contributed by atoms with Gasteiger partial charge in [-0.3, -0.25) is 5.10 Å². The molecule has 0 aliphatic carbocycles. The highest BCUT2D eigenvalue weighted by Gasteiger charge is 2.10. The maximum atomic E-state index is 9.40. The molecule has 0 aliphatic rings. The molecule has 4 rings (SSSR count). The van der Waals surface area contributed by atoms with Gasteiger partial charge in [0.05, 0.1) is 18.3 Å². The average molecular weight is 332 g/mol. The van der Waals surface area contributed by atoms with Gasteiger partial charge in [0, 0.05) is 22.8 Å². The summed E-state index contributed by atoms with van der Waals surface area (Å²) in [5.41, 5.74) is 10.3. The summed E-state index contributed by atoms with van der Waals surface area (Å²) in [6.07, 6.45) is 3.38.